The molecule has 0 saturated carbocycles. The number of thioether (sulfide) groups is 2. The van der Waals surface area contributed by atoms with Gasteiger partial charge in [0.25, 0.3) is 17.7 Å². The molecule has 0 bridgehead atoms. The predicted molar refractivity (Wildman–Crippen MR) is 133 cm³/mol. The molecule has 3 amide bonds. The van der Waals surface area contributed by atoms with E-state index in [4.69, 9.17) is 4.74 Å². The molecule has 7 nitrogen and oxygen atoms in total. The lowest BCUT2D eigenvalue weighted by atomic mass is 10.1. The third-order valence-electron chi connectivity index (χ3n) is 5.89. The average Bonchev–Trinajstić information content (AvgIpc) is 2.98. The Balaban J connectivity index is 1.49. The highest BCUT2D eigenvalue weighted by atomic mass is 32.2. The third kappa shape index (κ3) is 4.86. The zero-order valence-corrected chi connectivity index (χ0v) is 20.7. The van der Waals surface area contributed by atoms with Crippen LogP contribution in [-0.4, -0.2) is 65.0 Å². The van der Waals surface area contributed by atoms with Gasteiger partial charge in [-0.3, -0.25) is 19.3 Å². The predicted octanol–water partition coefficient (Wildman–Crippen LogP) is 3.87. The van der Waals surface area contributed by atoms with Crippen LogP contribution < -0.4 is 4.90 Å². The molecule has 2 unspecified atom stereocenters. The van der Waals surface area contributed by atoms with Crippen molar-refractivity contribution in [2.45, 2.75) is 36.0 Å². The molecule has 178 valence electrons. The molecular weight excluding hydrogens is 472 g/mol. The molecule has 34 heavy (non-hydrogen) atoms. The van der Waals surface area contributed by atoms with Crippen LogP contribution in [0.1, 0.15) is 40.5 Å². The topological polar surface area (TPSA) is 84.0 Å². The molecule has 2 aliphatic heterocycles. The van der Waals surface area contributed by atoms with E-state index in [1.54, 1.807) is 40.9 Å². The Kier molecular flexibility index (Phi) is 7.63. The van der Waals surface area contributed by atoms with Crippen LogP contribution in [-0.2, 0) is 14.3 Å². The molecule has 4 rings (SSSR count). The minimum Gasteiger partial charge on any atom is -0.454 e. The van der Waals surface area contributed by atoms with Crippen molar-refractivity contribution in [3.8, 4) is 0 Å². The Labute approximate surface area is 207 Å². The van der Waals surface area contributed by atoms with E-state index >= 15 is 0 Å². The number of carbonyl (C=O) groups is 4. The lowest BCUT2D eigenvalue weighted by Crippen LogP contribution is -2.47. The number of fused-ring (bicyclic) bond motifs is 2. The van der Waals surface area contributed by atoms with E-state index in [9.17, 15) is 19.2 Å². The number of benzene rings is 2. The number of hydrogen-bond acceptors (Lipinski definition) is 7. The molecule has 0 fully saturated rings. The van der Waals surface area contributed by atoms with Crippen molar-refractivity contribution in [3.63, 3.8) is 0 Å². The van der Waals surface area contributed by atoms with Gasteiger partial charge in [-0.25, -0.2) is 4.79 Å². The molecule has 0 N–H and O–H groups in total. The Bertz CT molecular complexity index is 1090. The summed E-state index contributed by atoms with van der Waals surface area (Å²) in [4.78, 5) is 55.6. The standard InChI is InChI=1S/C25H26N2O5S2/c1-16-11-13-26(19-9-5-6-10-21(19)34-16)22(28)15-32-25(31)20(12-14-33-2)27-23(29)17-7-3-4-8-18(17)24(27)30/h3-10,16,20H,11-15H2,1-2H3. The van der Waals surface area contributed by atoms with E-state index in [1.807, 2.05) is 30.5 Å². The molecule has 2 aliphatic rings. The normalized spacial score (nSPS) is 18.2. The number of para-hydroxylation sites is 1. The molecule has 2 aromatic rings. The van der Waals surface area contributed by atoms with Crippen LogP contribution in [0.25, 0.3) is 0 Å². The lowest BCUT2D eigenvalue weighted by Gasteiger charge is -2.26. The Morgan fingerprint density at radius 2 is 1.74 bits per heavy atom. The highest BCUT2D eigenvalue weighted by Gasteiger charge is 2.43. The van der Waals surface area contributed by atoms with Crippen molar-refractivity contribution < 1.29 is 23.9 Å². The summed E-state index contributed by atoms with van der Waals surface area (Å²) in [6, 6.07) is 13.1. The fourth-order valence-corrected chi connectivity index (χ4v) is 5.70. The first kappa shape index (κ1) is 24.3. The molecule has 2 aromatic carbocycles. The molecule has 0 aliphatic carbocycles. The van der Waals surface area contributed by atoms with Crippen molar-refractivity contribution in [2.75, 3.05) is 30.1 Å². The van der Waals surface area contributed by atoms with Crippen LogP contribution in [0.5, 0.6) is 0 Å². The van der Waals surface area contributed by atoms with Gasteiger partial charge >= 0.3 is 5.97 Å². The molecule has 2 heterocycles. The summed E-state index contributed by atoms with van der Waals surface area (Å²) in [5.41, 5.74) is 1.36. The number of nitrogens with zero attached hydrogens (tertiary/aromatic N) is 2. The van der Waals surface area contributed by atoms with Gasteiger partial charge < -0.3 is 9.64 Å². The van der Waals surface area contributed by atoms with E-state index in [2.05, 4.69) is 6.92 Å². The monoisotopic (exact) mass is 498 g/mol. The van der Waals surface area contributed by atoms with Gasteiger partial charge in [0.05, 0.1) is 16.8 Å². The molecule has 0 aromatic heterocycles. The van der Waals surface area contributed by atoms with Crippen molar-refractivity contribution >= 4 is 52.9 Å². The van der Waals surface area contributed by atoms with E-state index in [0.29, 0.717) is 17.5 Å². The van der Waals surface area contributed by atoms with Crippen LogP contribution in [0.15, 0.2) is 53.4 Å². The molecule has 0 spiro atoms. The first-order valence-electron chi connectivity index (χ1n) is 11.1. The SMILES string of the molecule is CSCCC(C(=O)OCC(=O)N1CCC(C)Sc2ccccc21)N1C(=O)c2ccccc2C1=O. The molecule has 9 heteroatoms. The van der Waals surface area contributed by atoms with Crippen LogP contribution in [0, 0.1) is 0 Å². The first-order valence-corrected chi connectivity index (χ1v) is 13.4. The van der Waals surface area contributed by atoms with Gasteiger partial charge in [-0.05, 0) is 49.1 Å². The quantitative estimate of drug-likeness (QED) is 0.423. The fourth-order valence-electron chi connectivity index (χ4n) is 4.13. The van der Waals surface area contributed by atoms with E-state index in [-0.39, 0.29) is 23.5 Å². The van der Waals surface area contributed by atoms with Gasteiger partial charge in [-0.15, -0.1) is 11.8 Å². The first-order chi connectivity index (χ1) is 16.4. The second-order valence-corrected chi connectivity index (χ2v) is 10.6. The van der Waals surface area contributed by atoms with Crippen molar-refractivity contribution in [1.29, 1.82) is 0 Å². The molecule has 0 radical (unpaired) electrons. The average molecular weight is 499 g/mol. The largest absolute Gasteiger partial charge is 0.454 e. The number of ether oxygens (including phenoxy) is 1. The van der Waals surface area contributed by atoms with Crippen LogP contribution in [0.3, 0.4) is 0 Å². The van der Waals surface area contributed by atoms with Gasteiger partial charge in [0.15, 0.2) is 6.61 Å². The summed E-state index contributed by atoms with van der Waals surface area (Å²) in [6.07, 6.45) is 2.94. The number of anilines is 1. The number of rotatable bonds is 7. The highest BCUT2D eigenvalue weighted by molar-refractivity contribution is 8.00. The Morgan fingerprint density at radius 1 is 1.09 bits per heavy atom. The van der Waals surface area contributed by atoms with E-state index < -0.39 is 30.4 Å². The van der Waals surface area contributed by atoms with Crippen LogP contribution >= 0.6 is 23.5 Å². The van der Waals surface area contributed by atoms with Crippen molar-refractivity contribution in [3.05, 3.63) is 59.7 Å². The molecular formula is C25H26N2O5S2. The smallest absolute Gasteiger partial charge is 0.329 e. The van der Waals surface area contributed by atoms with Crippen LogP contribution in [0.2, 0.25) is 0 Å². The van der Waals surface area contributed by atoms with E-state index in [1.165, 1.54) is 11.8 Å². The Hall–Kier alpha value is -2.78. The van der Waals surface area contributed by atoms with Gasteiger partial charge in [-0.1, -0.05) is 31.2 Å². The van der Waals surface area contributed by atoms with Gasteiger partial charge in [-0.2, -0.15) is 11.8 Å². The molecule has 0 saturated heterocycles. The van der Waals surface area contributed by atoms with Gasteiger partial charge in [0, 0.05) is 16.7 Å². The fraction of sp³-hybridized carbons (Fsp3) is 0.360. The zero-order valence-electron chi connectivity index (χ0n) is 19.1. The maximum atomic E-state index is 13.1. The third-order valence-corrected chi connectivity index (χ3v) is 7.77. The maximum Gasteiger partial charge on any atom is 0.329 e. The molecule has 2 atom stereocenters. The summed E-state index contributed by atoms with van der Waals surface area (Å²) in [6.45, 7) is 2.19. The second-order valence-electron chi connectivity index (χ2n) is 8.16. The number of imide groups is 1. The van der Waals surface area contributed by atoms with E-state index in [0.717, 1.165) is 21.9 Å². The highest BCUT2D eigenvalue weighted by Crippen LogP contribution is 2.37. The van der Waals surface area contributed by atoms with Crippen LogP contribution in [0.4, 0.5) is 5.69 Å². The zero-order chi connectivity index (χ0) is 24.2. The summed E-state index contributed by atoms with van der Waals surface area (Å²) in [5.74, 6) is -1.55. The number of hydrogen-bond donors (Lipinski definition) is 0. The number of esters is 1. The summed E-state index contributed by atoms with van der Waals surface area (Å²) in [5, 5.41) is 0.353. The van der Waals surface area contributed by atoms with Gasteiger partial charge in [0.2, 0.25) is 0 Å². The minimum absolute atomic E-state index is 0.250. The number of amides is 3. The second kappa shape index (κ2) is 10.7. The summed E-state index contributed by atoms with van der Waals surface area (Å²) in [7, 11) is 0. The van der Waals surface area contributed by atoms with Gasteiger partial charge in [0.1, 0.15) is 6.04 Å². The lowest BCUT2D eigenvalue weighted by molar-refractivity contribution is -0.151. The minimum atomic E-state index is -1.08. The number of carbonyl (C=O) groups excluding carboxylic acids is 4. The summed E-state index contributed by atoms with van der Waals surface area (Å²) >= 11 is 3.22. The Morgan fingerprint density at radius 3 is 2.41 bits per heavy atom. The van der Waals surface area contributed by atoms with Crippen molar-refractivity contribution in [2.24, 2.45) is 0 Å². The maximum absolute atomic E-state index is 13.1. The van der Waals surface area contributed by atoms with Crippen molar-refractivity contribution in [1.82, 2.24) is 4.90 Å². The summed E-state index contributed by atoms with van der Waals surface area (Å²) < 4.78 is 5.41.